The third-order valence-electron chi connectivity index (χ3n) is 2.04. The van der Waals surface area contributed by atoms with Crippen LogP contribution in [0.3, 0.4) is 0 Å². The summed E-state index contributed by atoms with van der Waals surface area (Å²) in [7, 11) is -4.21. The minimum absolute atomic E-state index is 0.590. The molecule has 2 amide bonds. The van der Waals surface area contributed by atoms with Gasteiger partial charge in [-0.25, -0.2) is 4.79 Å². The fraction of sp³-hybridized carbons (Fsp3) is 0.300. The predicted molar refractivity (Wildman–Crippen MR) is 64.9 cm³/mol. The van der Waals surface area contributed by atoms with E-state index in [4.69, 9.17) is 9.79 Å². The van der Waals surface area contributed by atoms with Gasteiger partial charge in [0.2, 0.25) is 0 Å². The van der Waals surface area contributed by atoms with E-state index in [9.17, 15) is 9.36 Å². The van der Waals surface area contributed by atoms with Crippen molar-refractivity contribution in [2.24, 2.45) is 0 Å². The second kappa shape index (κ2) is 5.82. The predicted octanol–water partition coefficient (Wildman–Crippen LogP) is 1.51. The summed E-state index contributed by atoms with van der Waals surface area (Å²) < 4.78 is 10.5. The number of nitrogens with one attached hydrogen (secondary N) is 2. The molecule has 0 radical (unpaired) electrons. The van der Waals surface area contributed by atoms with E-state index in [-0.39, 0.29) is 0 Å². The Balaban J connectivity index is 2.53. The van der Waals surface area contributed by atoms with Gasteiger partial charge in [0.25, 0.3) is 0 Å². The monoisotopic (exact) mass is 258 g/mol. The lowest BCUT2D eigenvalue weighted by Crippen LogP contribution is -2.29. The molecule has 0 fully saturated rings. The summed E-state index contributed by atoms with van der Waals surface area (Å²) in [6.45, 7) is 1.99. The number of hydrogen-bond donors (Lipinski definition) is 4. The van der Waals surface area contributed by atoms with Gasteiger partial charge in [-0.1, -0.05) is 19.1 Å². The highest BCUT2D eigenvalue weighted by molar-refractivity contribution is 7.51. The third-order valence-corrected chi connectivity index (χ3v) is 2.61. The van der Waals surface area contributed by atoms with Gasteiger partial charge in [0.05, 0.1) is 0 Å². The van der Waals surface area contributed by atoms with E-state index in [1.807, 2.05) is 13.0 Å². The van der Waals surface area contributed by atoms with Gasteiger partial charge in [-0.2, -0.15) is 0 Å². The molecule has 0 saturated carbocycles. The van der Waals surface area contributed by atoms with Crippen molar-refractivity contribution in [3.05, 3.63) is 29.8 Å². The third kappa shape index (κ3) is 5.49. The number of hydrogen-bond acceptors (Lipinski definition) is 2. The molecule has 1 aromatic carbocycles. The molecule has 94 valence electrons. The molecule has 4 N–H and O–H groups in total. The van der Waals surface area contributed by atoms with Crippen LogP contribution in [0.1, 0.15) is 12.5 Å². The van der Waals surface area contributed by atoms with Crippen LogP contribution >= 0.6 is 7.60 Å². The van der Waals surface area contributed by atoms with Gasteiger partial charge in [-0.3, -0.25) is 4.57 Å². The van der Waals surface area contributed by atoms with Crippen LogP contribution in [0.5, 0.6) is 0 Å². The second-order valence-corrected chi connectivity index (χ2v) is 5.15. The first-order chi connectivity index (χ1) is 7.90. The topological polar surface area (TPSA) is 98.7 Å². The van der Waals surface area contributed by atoms with Crippen LogP contribution in [0, 0.1) is 0 Å². The van der Waals surface area contributed by atoms with Crippen molar-refractivity contribution in [3.63, 3.8) is 0 Å². The molecule has 0 spiro atoms. The number of benzene rings is 1. The summed E-state index contributed by atoms with van der Waals surface area (Å²) in [4.78, 5) is 28.5. The Kier molecular flexibility index (Phi) is 4.69. The zero-order valence-electron chi connectivity index (χ0n) is 9.38. The first kappa shape index (κ1) is 13.7. The van der Waals surface area contributed by atoms with Crippen LogP contribution in [0.2, 0.25) is 0 Å². The summed E-state index contributed by atoms with van der Waals surface area (Å²) >= 11 is 0. The molecule has 0 aliphatic carbocycles. The standard InChI is InChI=1S/C10H15N2O4P/c1-2-8-4-3-5-9(6-8)12-10(13)11-7-17(14,15)16/h3-6H,2,7H2,1H3,(H2,11,12,13)(H2,14,15,16). The number of urea groups is 1. The van der Waals surface area contributed by atoms with Crippen LogP contribution in [0.15, 0.2) is 24.3 Å². The Morgan fingerprint density at radius 3 is 2.71 bits per heavy atom. The van der Waals surface area contributed by atoms with Gasteiger partial charge in [0.15, 0.2) is 0 Å². The second-order valence-electron chi connectivity index (χ2n) is 3.51. The van der Waals surface area contributed by atoms with Crippen molar-refractivity contribution >= 4 is 19.3 Å². The highest BCUT2D eigenvalue weighted by atomic mass is 31.2. The molecule has 0 atom stereocenters. The number of carbonyl (C=O) groups excluding carboxylic acids is 1. The summed E-state index contributed by atoms with van der Waals surface area (Å²) in [5.41, 5.74) is 1.66. The minimum Gasteiger partial charge on any atom is -0.326 e. The quantitative estimate of drug-likeness (QED) is 0.615. The van der Waals surface area contributed by atoms with E-state index < -0.39 is 19.9 Å². The van der Waals surface area contributed by atoms with Crippen molar-refractivity contribution in [1.82, 2.24) is 5.32 Å². The van der Waals surface area contributed by atoms with Crippen LogP contribution in [0.25, 0.3) is 0 Å². The van der Waals surface area contributed by atoms with Gasteiger partial charge in [0, 0.05) is 5.69 Å². The van der Waals surface area contributed by atoms with Crippen LogP contribution < -0.4 is 10.6 Å². The normalized spacial score (nSPS) is 11.0. The number of aryl methyl sites for hydroxylation is 1. The molecular formula is C10H15N2O4P. The van der Waals surface area contributed by atoms with Gasteiger partial charge in [0.1, 0.15) is 6.29 Å². The van der Waals surface area contributed by atoms with Crippen molar-refractivity contribution < 1.29 is 19.1 Å². The lowest BCUT2D eigenvalue weighted by Gasteiger charge is -2.09. The maximum Gasteiger partial charge on any atom is 0.344 e. The first-order valence-corrected chi connectivity index (χ1v) is 6.89. The summed E-state index contributed by atoms with van der Waals surface area (Å²) in [6, 6.07) is 6.60. The number of anilines is 1. The molecule has 0 aliphatic heterocycles. The average Bonchev–Trinajstić information content (AvgIpc) is 2.26. The number of carbonyl (C=O) groups is 1. The van der Waals surface area contributed by atoms with Gasteiger partial charge >= 0.3 is 13.6 Å². The maximum absolute atomic E-state index is 11.3. The molecule has 0 aliphatic rings. The lowest BCUT2D eigenvalue weighted by atomic mass is 10.1. The summed E-state index contributed by atoms with van der Waals surface area (Å²) in [6.07, 6.45) is 0.173. The Hall–Kier alpha value is -1.36. The van der Waals surface area contributed by atoms with E-state index in [2.05, 4.69) is 10.6 Å². The van der Waals surface area contributed by atoms with Crippen molar-refractivity contribution in [2.45, 2.75) is 13.3 Å². The number of rotatable bonds is 4. The van der Waals surface area contributed by atoms with Crippen LogP contribution in [-0.2, 0) is 11.0 Å². The molecule has 1 aromatic rings. The van der Waals surface area contributed by atoms with E-state index in [1.165, 1.54) is 0 Å². The summed E-state index contributed by atoms with van der Waals surface area (Å²) in [5, 5.41) is 4.59. The van der Waals surface area contributed by atoms with Crippen LogP contribution in [0.4, 0.5) is 10.5 Å². The molecular weight excluding hydrogens is 243 g/mol. The largest absolute Gasteiger partial charge is 0.344 e. The lowest BCUT2D eigenvalue weighted by molar-refractivity contribution is 0.252. The highest BCUT2D eigenvalue weighted by Crippen LogP contribution is 2.31. The smallest absolute Gasteiger partial charge is 0.326 e. The molecule has 0 saturated heterocycles. The first-order valence-electron chi connectivity index (χ1n) is 5.09. The molecule has 17 heavy (non-hydrogen) atoms. The van der Waals surface area contributed by atoms with Gasteiger partial charge in [-0.15, -0.1) is 0 Å². The van der Waals surface area contributed by atoms with E-state index >= 15 is 0 Å². The molecule has 0 aromatic heterocycles. The van der Waals surface area contributed by atoms with E-state index in [0.717, 1.165) is 12.0 Å². The van der Waals surface area contributed by atoms with E-state index in [1.54, 1.807) is 18.2 Å². The average molecular weight is 258 g/mol. The Labute approximate surface area is 99.2 Å². The van der Waals surface area contributed by atoms with Gasteiger partial charge < -0.3 is 20.4 Å². The van der Waals surface area contributed by atoms with Crippen LogP contribution in [-0.4, -0.2) is 22.1 Å². The zero-order valence-corrected chi connectivity index (χ0v) is 10.3. The minimum atomic E-state index is -4.21. The van der Waals surface area contributed by atoms with Crippen molar-refractivity contribution in [1.29, 1.82) is 0 Å². The molecule has 0 unspecified atom stereocenters. The Morgan fingerprint density at radius 1 is 1.41 bits per heavy atom. The maximum atomic E-state index is 11.3. The molecule has 6 nitrogen and oxygen atoms in total. The fourth-order valence-corrected chi connectivity index (χ4v) is 1.57. The van der Waals surface area contributed by atoms with Crippen molar-refractivity contribution in [3.8, 4) is 0 Å². The fourth-order valence-electron chi connectivity index (χ4n) is 1.22. The SMILES string of the molecule is CCc1cccc(NC(=O)NCP(=O)(O)O)c1. The van der Waals surface area contributed by atoms with Crippen molar-refractivity contribution in [2.75, 3.05) is 11.6 Å². The Bertz CT molecular complexity index is 444. The van der Waals surface area contributed by atoms with Gasteiger partial charge in [-0.05, 0) is 24.1 Å². The highest BCUT2D eigenvalue weighted by Gasteiger charge is 2.14. The zero-order chi connectivity index (χ0) is 12.9. The molecule has 0 heterocycles. The Morgan fingerprint density at radius 2 is 2.12 bits per heavy atom. The summed E-state index contributed by atoms with van der Waals surface area (Å²) in [5.74, 6) is 0. The number of amides is 2. The molecule has 1 rings (SSSR count). The molecule has 0 bridgehead atoms. The van der Waals surface area contributed by atoms with E-state index in [0.29, 0.717) is 5.69 Å². The molecule has 7 heteroatoms.